The Balaban J connectivity index is 2.78. The first-order valence-corrected chi connectivity index (χ1v) is 4.87. The zero-order valence-corrected chi connectivity index (χ0v) is 8.66. The van der Waals surface area contributed by atoms with Crippen molar-refractivity contribution < 1.29 is 9.18 Å². The van der Waals surface area contributed by atoms with Crippen LogP contribution in [-0.4, -0.2) is 12.5 Å². The van der Waals surface area contributed by atoms with Crippen molar-refractivity contribution >= 4 is 11.6 Å². The summed E-state index contributed by atoms with van der Waals surface area (Å²) in [6.45, 7) is 0.418. The topological polar surface area (TPSA) is 78.9 Å². The van der Waals surface area contributed by atoms with Gasteiger partial charge in [-0.3, -0.25) is 4.79 Å². The summed E-state index contributed by atoms with van der Waals surface area (Å²) in [7, 11) is 0. The fraction of sp³-hybridized carbons (Fsp3) is 0.273. The molecule has 84 valence electrons. The first-order valence-electron chi connectivity index (χ1n) is 4.87. The van der Waals surface area contributed by atoms with Crippen molar-refractivity contribution in [2.24, 2.45) is 5.73 Å². The lowest BCUT2D eigenvalue weighted by atomic mass is 10.1. The summed E-state index contributed by atoms with van der Waals surface area (Å²) in [5.74, 6) is -0.910. The molecule has 1 rings (SSSR count). The maximum absolute atomic E-state index is 13.2. The number of nitrogens with one attached hydrogen (secondary N) is 1. The van der Waals surface area contributed by atoms with E-state index >= 15 is 0 Å². The van der Waals surface area contributed by atoms with Crippen molar-refractivity contribution in [1.29, 1.82) is 5.26 Å². The summed E-state index contributed by atoms with van der Waals surface area (Å²) in [6.07, 6.45) is 0.820. The van der Waals surface area contributed by atoms with Crippen molar-refractivity contribution in [2.75, 3.05) is 11.9 Å². The summed E-state index contributed by atoms with van der Waals surface area (Å²) in [5, 5.41) is 11.2. The average Bonchev–Trinajstić information content (AvgIpc) is 2.27. The Hall–Kier alpha value is -1.93. The minimum Gasteiger partial charge on any atom is -0.330 e. The van der Waals surface area contributed by atoms with Crippen LogP contribution in [0.1, 0.15) is 18.4 Å². The third kappa shape index (κ3) is 3.04. The Morgan fingerprint density at radius 1 is 1.56 bits per heavy atom. The quantitative estimate of drug-likeness (QED) is 0.806. The molecule has 0 aromatic heterocycles. The molecule has 1 aromatic carbocycles. The van der Waals surface area contributed by atoms with E-state index in [0.717, 1.165) is 0 Å². The van der Waals surface area contributed by atoms with Crippen molar-refractivity contribution in [3.63, 3.8) is 0 Å². The van der Waals surface area contributed by atoms with Gasteiger partial charge in [-0.15, -0.1) is 0 Å². The van der Waals surface area contributed by atoms with Gasteiger partial charge in [-0.25, -0.2) is 4.39 Å². The Morgan fingerprint density at radius 2 is 2.31 bits per heavy atom. The Kier molecular flexibility index (Phi) is 4.42. The van der Waals surface area contributed by atoms with E-state index in [1.54, 1.807) is 6.07 Å². The number of nitriles is 1. The monoisotopic (exact) mass is 221 g/mol. The third-order valence-electron chi connectivity index (χ3n) is 2.01. The second-order valence-electron chi connectivity index (χ2n) is 3.21. The summed E-state index contributed by atoms with van der Waals surface area (Å²) in [5.41, 5.74) is 5.31. The average molecular weight is 221 g/mol. The standard InChI is InChI=1S/C11H12FN3O/c12-9-3-1-4-10(8(9)7-14)15-11(16)5-2-6-13/h1,3-4H,2,5-6,13H2,(H,15,16). The molecule has 0 saturated heterocycles. The Labute approximate surface area is 92.9 Å². The molecule has 3 N–H and O–H groups in total. The zero-order chi connectivity index (χ0) is 12.0. The predicted molar refractivity (Wildman–Crippen MR) is 58.0 cm³/mol. The molecule has 1 amide bonds. The Morgan fingerprint density at radius 3 is 2.94 bits per heavy atom. The number of nitrogens with two attached hydrogens (primary N) is 1. The smallest absolute Gasteiger partial charge is 0.224 e. The van der Waals surface area contributed by atoms with Crippen LogP contribution in [0.25, 0.3) is 0 Å². The van der Waals surface area contributed by atoms with Crippen LogP contribution in [-0.2, 0) is 4.79 Å². The number of amides is 1. The second-order valence-corrected chi connectivity index (χ2v) is 3.21. The lowest BCUT2D eigenvalue weighted by Crippen LogP contribution is -2.14. The van der Waals surface area contributed by atoms with E-state index in [1.807, 2.05) is 0 Å². The van der Waals surface area contributed by atoms with Crippen LogP contribution in [0, 0.1) is 17.1 Å². The number of carbonyl (C=O) groups is 1. The van der Waals surface area contributed by atoms with Crippen molar-refractivity contribution in [3.05, 3.63) is 29.6 Å². The fourth-order valence-electron chi connectivity index (χ4n) is 1.22. The van der Waals surface area contributed by atoms with Gasteiger partial charge in [-0.2, -0.15) is 5.26 Å². The molecule has 4 nitrogen and oxygen atoms in total. The normalized spacial score (nSPS) is 9.56. The van der Waals surface area contributed by atoms with Gasteiger partial charge in [0, 0.05) is 6.42 Å². The maximum atomic E-state index is 13.2. The van der Waals surface area contributed by atoms with Gasteiger partial charge in [-0.1, -0.05) is 6.07 Å². The van der Waals surface area contributed by atoms with E-state index in [-0.39, 0.29) is 23.6 Å². The molecule has 0 heterocycles. The SMILES string of the molecule is N#Cc1c(F)cccc1NC(=O)CCCN. The van der Waals surface area contributed by atoms with Gasteiger partial charge in [0.15, 0.2) is 0 Å². The van der Waals surface area contributed by atoms with Crippen LogP contribution in [0.3, 0.4) is 0 Å². The molecule has 0 aliphatic carbocycles. The first-order chi connectivity index (χ1) is 7.69. The first kappa shape index (κ1) is 12.1. The number of nitrogens with zero attached hydrogens (tertiary/aromatic N) is 1. The number of hydrogen-bond donors (Lipinski definition) is 2. The Bertz CT molecular complexity index is 426. The zero-order valence-electron chi connectivity index (χ0n) is 8.66. The number of carbonyl (C=O) groups excluding carboxylic acids is 1. The van der Waals surface area contributed by atoms with Crippen LogP contribution < -0.4 is 11.1 Å². The molecule has 0 atom stereocenters. The lowest BCUT2D eigenvalue weighted by molar-refractivity contribution is -0.116. The second kappa shape index (κ2) is 5.83. The highest BCUT2D eigenvalue weighted by Gasteiger charge is 2.09. The summed E-state index contributed by atoms with van der Waals surface area (Å²) in [4.78, 5) is 11.4. The van der Waals surface area contributed by atoms with Crippen molar-refractivity contribution in [2.45, 2.75) is 12.8 Å². The van der Waals surface area contributed by atoms with E-state index in [9.17, 15) is 9.18 Å². The predicted octanol–water partition coefficient (Wildman–Crippen LogP) is 1.37. The van der Waals surface area contributed by atoms with Crippen molar-refractivity contribution in [3.8, 4) is 6.07 Å². The molecule has 0 radical (unpaired) electrons. The van der Waals surface area contributed by atoms with Gasteiger partial charge in [-0.05, 0) is 25.1 Å². The van der Waals surface area contributed by atoms with E-state index in [4.69, 9.17) is 11.0 Å². The minimum atomic E-state index is -0.640. The van der Waals surface area contributed by atoms with Crippen LogP contribution >= 0.6 is 0 Å². The molecule has 0 spiro atoms. The largest absolute Gasteiger partial charge is 0.330 e. The minimum absolute atomic E-state index is 0.149. The highest BCUT2D eigenvalue weighted by Crippen LogP contribution is 2.17. The van der Waals surface area contributed by atoms with Crippen molar-refractivity contribution in [1.82, 2.24) is 0 Å². The molecule has 0 unspecified atom stereocenters. The van der Waals surface area contributed by atoms with E-state index in [2.05, 4.69) is 5.32 Å². The van der Waals surface area contributed by atoms with Gasteiger partial charge in [0.05, 0.1) is 5.69 Å². The van der Waals surface area contributed by atoms with Gasteiger partial charge in [0.1, 0.15) is 17.4 Å². The van der Waals surface area contributed by atoms with Gasteiger partial charge in [0.25, 0.3) is 0 Å². The van der Waals surface area contributed by atoms with E-state index in [0.29, 0.717) is 13.0 Å². The highest BCUT2D eigenvalue weighted by atomic mass is 19.1. The van der Waals surface area contributed by atoms with E-state index < -0.39 is 5.82 Å². The fourth-order valence-corrected chi connectivity index (χ4v) is 1.22. The number of hydrogen-bond acceptors (Lipinski definition) is 3. The van der Waals surface area contributed by atoms with Gasteiger partial charge < -0.3 is 11.1 Å². The molecule has 0 aliphatic heterocycles. The third-order valence-corrected chi connectivity index (χ3v) is 2.01. The molecular formula is C11H12FN3O. The van der Waals surface area contributed by atoms with Crippen LogP contribution in [0.5, 0.6) is 0 Å². The molecule has 0 saturated carbocycles. The molecule has 1 aromatic rings. The summed E-state index contributed by atoms with van der Waals surface area (Å²) in [6, 6.07) is 5.81. The van der Waals surface area contributed by atoms with Crippen LogP contribution in [0.2, 0.25) is 0 Å². The molecule has 0 fully saturated rings. The summed E-state index contributed by atoms with van der Waals surface area (Å²) < 4.78 is 13.2. The van der Waals surface area contributed by atoms with Gasteiger partial charge >= 0.3 is 0 Å². The summed E-state index contributed by atoms with van der Waals surface area (Å²) >= 11 is 0. The number of rotatable bonds is 4. The molecule has 16 heavy (non-hydrogen) atoms. The molecule has 5 heteroatoms. The van der Waals surface area contributed by atoms with Crippen LogP contribution in [0.15, 0.2) is 18.2 Å². The molecule has 0 aliphatic rings. The van der Waals surface area contributed by atoms with E-state index in [1.165, 1.54) is 18.2 Å². The lowest BCUT2D eigenvalue weighted by Gasteiger charge is -2.06. The number of halogens is 1. The van der Waals surface area contributed by atoms with Gasteiger partial charge in [0.2, 0.25) is 5.91 Å². The highest BCUT2D eigenvalue weighted by molar-refractivity contribution is 5.92. The van der Waals surface area contributed by atoms with Crippen LogP contribution in [0.4, 0.5) is 10.1 Å². The molecule has 0 bridgehead atoms. The number of anilines is 1. The number of benzene rings is 1. The maximum Gasteiger partial charge on any atom is 0.224 e. The molecular weight excluding hydrogens is 209 g/mol.